The average molecular weight is 362 g/mol. The Morgan fingerprint density at radius 1 is 1.46 bits per heavy atom. The molecule has 0 saturated carbocycles. The van der Waals surface area contributed by atoms with Crippen molar-refractivity contribution in [3.8, 4) is 0 Å². The lowest BCUT2D eigenvalue weighted by Crippen LogP contribution is -2.32. The van der Waals surface area contributed by atoms with Crippen molar-refractivity contribution in [2.24, 2.45) is 0 Å². The average Bonchev–Trinajstić information content (AvgIpc) is 3.16. The highest BCUT2D eigenvalue weighted by atomic mass is 32.2. The van der Waals surface area contributed by atoms with Gasteiger partial charge in [0.25, 0.3) is 5.56 Å². The number of rotatable bonds is 3. The van der Waals surface area contributed by atoms with Crippen molar-refractivity contribution in [1.82, 2.24) is 9.55 Å². The Kier molecular flexibility index (Phi) is 3.82. The molecule has 5 nitrogen and oxygen atoms in total. The lowest BCUT2D eigenvalue weighted by atomic mass is 9.94. The molecular weight excluding hydrogens is 344 g/mol. The number of hydrogen-bond donors (Lipinski definition) is 0. The van der Waals surface area contributed by atoms with Crippen molar-refractivity contribution in [1.29, 1.82) is 0 Å². The van der Waals surface area contributed by atoms with Gasteiger partial charge in [0.2, 0.25) is 0 Å². The number of furan rings is 1. The predicted molar refractivity (Wildman–Crippen MR) is 96.0 cm³/mol. The van der Waals surface area contributed by atoms with Gasteiger partial charge in [0.1, 0.15) is 10.6 Å². The zero-order valence-corrected chi connectivity index (χ0v) is 15.4. The summed E-state index contributed by atoms with van der Waals surface area (Å²) in [5.74, 6) is 0.751. The molecule has 0 fully saturated rings. The molecule has 0 atom stereocenters. The molecule has 1 aliphatic rings. The van der Waals surface area contributed by atoms with Crippen LogP contribution in [0.2, 0.25) is 0 Å². The van der Waals surface area contributed by atoms with E-state index in [1.54, 1.807) is 22.2 Å². The monoisotopic (exact) mass is 362 g/mol. The molecule has 0 amide bonds. The SMILES string of the molecule is CSc1nc2sc3c(c2c(=O)n1Cc1ccco1)CC(C)(C)OC3. The fourth-order valence-corrected chi connectivity index (χ4v) is 4.76. The van der Waals surface area contributed by atoms with E-state index in [1.165, 1.54) is 11.8 Å². The zero-order valence-electron chi connectivity index (χ0n) is 13.8. The Bertz CT molecular complexity index is 955. The number of aromatic nitrogens is 2. The van der Waals surface area contributed by atoms with Gasteiger partial charge in [-0.25, -0.2) is 4.98 Å². The summed E-state index contributed by atoms with van der Waals surface area (Å²) < 4.78 is 13.0. The first-order valence-electron chi connectivity index (χ1n) is 7.74. The van der Waals surface area contributed by atoms with Crippen LogP contribution < -0.4 is 5.56 Å². The van der Waals surface area contributed by atoms with Crippen LogP contribution in [-0.4, -0.2) is 21.4 Å². The van der Waals surface area contributed by atoms with Gasteiger partial charge in [0.15, 0.2) is 5.16 Å². The Morgan fingerprint density at radius 2 is 2.29 bits per heavy atom. The molecule has 0 aromatic carbocycles. The van der Waals surface area contributed by atoms with Crippen LogP contribution in [-0.2, 0) is 24.3 Å². The van der Waals surface area contributed by atoms with Crippen LogP contribution in [0.3, 0.4) is 0 Å². The first-order chi connectivity index (χ1) is 11.5. The van der Waals surface area contributed by atoms with Gasteiger partial charge in [0.05, 0.1) is 30.4 Å². The number of thiophene rings is 1. The summed E-state index contributed by atoms with van der Waals surface area (Å²) in [5.41, 5.74) is 0.859. The highest BCUT2D eigenvalue weighted by Crippen LogP contribution is 2.37. The van der Waals surface area contributed by atoms with Crippen molar-refractivity contribution in [2.75, 3.05) is 6.26 Å². The quantitative estimate of drug-likeness (QED) is 0.525. The van der Waals surface area contributed by atoms with Crippen LogP contribution in [0.4, 0.5) is 0 Å². The van der Waals surface area contributed by atoms with E-state index in [0.717, 1.165) is 32.8 Å². The standard InChI is InChI=1S/C17H18N2O3S2/c1-17(2)7-11-12(9-22-17)24-14-13(11)15(20)19(16(18-14)23-3)8-10-5-4-6-21-10/h4-6H,7-9H2,1-3H3. The van der Waals surface area contributed by atoms with Gasteiger partial charge in [-0.05, 0) is 37.8 Å². The Balaban J connectivity index is 1.93. The fraction of sp³-hybridized carbons (Fsp3) is 0.412. The van der Waals surface area contributed by atoms with E-state index >= 15 is 0 Å². The topological polar surface area (TPSA) is 57.3 Å². The molecule has 0 saturated heterocycles. The van der Waals surface area contributed by atoms with Crippen molar-refractivity contribution >= 4 is 33.3 Å². The molecule has 0 unspecified atom stereocenters. The van der Waals surface area contributed by atoms with E-state index in [-0.39, 0.29) is 11.2 Å². The van der Waals surface area contributed by atoms with Crippen LogP contribution in [0.25, 0.3) is 10.2 Å². The summed E-state index contributed by atoms with van der Waals surface area (Å²) >= 11 is 3.05. The molecule has 0 aliphatic carbocycles. The van der Waals surface area contributed by atoms with Gasteiger partial charge >= 0.3 is 0 Å². The van der Waals surface area contributed by atoms with Gasteiger partial charge < -0.3 is 9.15 Å². The zero-order chi connectivity index (χ0) is 16.9. The van der Waals surface area contributed by atoms with Gasteiger partial charge in [-0.2, -0.15) is 0 Å². The van der Waals surface area contributed by atoms with E-state index < -0.39 is 0 Å². The molecule has 1 aliphatic heterocycles. The Labute approximate surface area is 147 Å². The van der Waals surface area contributed by atoms with Crippen LogP contribution in [0.1, 0.15) is 30.0 Å². The van der Waals surface area contributed by atoms with E-state index in [2.05, 4.69) is 13.8 Å². The van der Waals surface area contributed by atoms with Gasteiger partial charge in [-0.1, -0.05) is 11.8 Å². The molecule has 24 heavy (non-hydrogen) atoms. The summed E-state index contributed by atoms with van der Waals surface area (Å²) in [5, 5.41) is 1.46. The second-order valence-electron chi connectivity index (χ2n) is 6.48. The number of nitrogens with zero attached hydrogens (tertiary/aromatic N) is 2. The first kappa shape index (κ1) is 15.9. The van der Waals surface area contributed by atoms with Crippen LogP contribution in [0.5, 0.6) is 0 Å². The summed E-state index contributed by atoms with van der Waals surface area (Å²) in [6.07, 6.45) is 4.29. The van der Waals surface area contributed by atoms with Crippen molar-refractivity contribution in [2.45, 2.75) is 44.2 Å². The Hall–Kier alpha value is -1.57. The summed E-state index contributed by atoms with van der Waals surface area (Å²) in [7, 11) is 0. The van der Waals surface area contributed by atoms with E-state index in [1.807, 2.05) is 18.4 Å². The number of fused-ring (bicyclic) bond motifs is 3. The maximum Gasteiger partial charge on any atom is 0.263 e. The molecule has 0 N–H and O–H groups in total. The van der Waals surface area contributed by atoms with Crippen LogP contribution >= 0.6 is 23.1 Å². The molecule has 3 aromatic rings. The maximum atomic E-state index is 13.2. The third-order valence-electron chi connectivity index (χ3n) is 4.23. The molecule has 0 spiro atoms. The van der Waals surface area contributed by atoms with E-state index in [0.29, 0.717) is 18.3 Å². The van der Waals surface area contributed by atoms with Crippen molar-refractivity contribution in [3.05, 3.63) is 45.0 Å². The van der Waals surface area contributed by atoms with Crippen LogP contribution in [0, 0.1) is 0 Å². The lowest BCUT2D eigenvalue weighted by molar-refractivity contribution is -0.0379. The minimum Gasteiger partial charge on any atom is -0.467 e. The highest BCUT2D eigenvalue weighted by Gasteiger charge is 2.31. The molecule has 4 rings (SSSR count). The number of ether oxygens (including phenoxy) is 1. The number of hydrogen-bond acceptors (Lipinski definition) is 6. The second kappa shape index (κ2) is 5.75. The normalized spacial score (nSPS) is 16.5. The third-order valence-corrected chi connectivity index (χ3v) is 6.01. The van der Waals surface area contributed by atoms with E-state index in [9.17, 15) is 4.79 Å². The predicted octanol–water partition coefficient (Wildman–Crippen LogP) is 3.67. The van der Waals surface area contributed by atoms with Crippen LogP contribution in [0.15, 0.2) is 32.8 Å². The minimum atomic E-state index is -0.253. The molecule has 126 valence electrons. The van der Waals surface area contributed by atoms with Gasteiger partial charge in [-0.3, -0.25) is 9.36 Å². The largest absolute Gasteiger partial charge is 0.467 e. The molecule has 4 heterocycles. The highest BCUT2D eigenvalue weighted by molar-refractivity contribution is 7.98. The van der Waals surface area contributed by atoms with Crippen molar-refractivity contribution in [3.63, 3.8) is 0 Å². The second-order valence-corrected chi connectivity index (χ2v) is 8.34. The van der Waals surface area contributed by atoms with E-state index in [4.69, 9.17) is 14.1 Å². The smallest absolute Gasteiger partial charge is 0.263 e. The molecule has 7 heteroatoms. The number of thioether (sulfide) groups is 1. The molecule has 3 aromatic heterocycles. The summed E-state index contributed by atoms with van der Waals surface area (Å²) in [6.45, 7) is 5.07. The molecular formula is C17H18N2O3S2. The minimum absolute atomic E-state index is 0.0101. The maximum absolute atomic E-state index is 13.2. The van der Waals surface area contributed by atoms with Crippen molar-refractivity contribution < 1.29 is 9.15 Å². The first-order valence-corrected chi connectivity index (χ1v) is 9.78. The summed E-state index contributed by atoms with van der Waals surface area (Å²) in [6, 6.07) is 3.71. The third kappa shape index (κ3) is 2.60. The molecule has 0 bridgehead atoms. The fourth-order valence-electron chi connectivity index (χ4n) is 3.06. The lowest BCUT2D eigenvalue weighted by Gasteiger charge is -2.29. The summed E-state index contributed by atoms with van der Waals surface area (Å²) in [4.78, 5) is 19.9. The van der Waals surface area contributed by atoms with Gasteiger partial charge in [0, 0.05) is 11.3 Å². The Morgan fingerprint density at radius 3 is 3.00 bits per heavy atom. The molecule has 0 radical (unpaired) electrons. The van der Waals surface area contributed by atoms with Gasteiger partial charge in [-0.15, -0.1) is 11.3 Å².